The van der Waals surface area contributed by atoms with Gasteiger partial charge in [0.05, 0.1) is 0 Å². The molecule has 0 bridgehead atoms. The molecule has 0 radical (unpaired) electrons. The van der Waals surface area contributed by atoms with Crippen LogP contribution in [0.5, 0.6) is 0 Å². The summed E-state index contributed by atoms with van der Waals surface area (Å²) in [4.78, 5) is 29.3. The second kappa shape index (κ2) is 10.1. The minimum atomic E-state index is 0.110. The third-order valence-corrected chi connectivity index (χ3v) is 6.34. The summed E-state index contributed by atoms with van der Waals surface area (Å²) in [6.07, 6.45) is 6.28. The van der Waals surface area contributed by atoms with Gasteiger partial charge in [-0.05, 0) is 64.1 Å². The van der Waals surface area contributed by atoms with Gasteiger partial charge in [-0.15, -0.1) is 0 Å². The van der Waals surface area contributed by atoms with E-state index in [1.54, 1.807) is 0 Å². The van der Waals surface area contributed by atoms with E-state index in [0.717, 1.165) is 56.7 Å². The van der Waals surface area contributed by atoms with Crippen LogP contribution < -0.4 is 5.32 Å². The van der Waals surface area contributed by atoms with Crippen LogP contribution in [0.1, 0.15) is 61.4 Å². The van der Waals surface area contributed by atoms with E-state index in [-0.39, 0.29) is 11.8 Å². The van der Waals surface area contributed by atoms with Crippen molar-refractivity contribution >= 4 is 11.8 Å². The van der Waals surface area contributed by atoms with E-state index in [9.17, 15) is 9.59 Å². The van der Waals surface area contributed by atoms with Crippen molar-refractivity contribution in [3.8, 4) is 0 Å². The maximum Gasteiger partial charge on any atom is 0.253 e. The Morgan fingerprint density at radius 3 is 2.43 bits per heavy atom. The van der Waals surface area contributed by atoms with Crippen molar-refractivity contribution in [3.63, 3.8) is 0 Å². The van der Waals surface area contributed by atoms with E-state index >= 15 is 0 Å². The SMILES string of the molecule is Cc1ccc(C(=O)N2CCC(CC(=O)NCCN3CCCC[C@@H]3C)CC2)cc1. The molecule has 1 atom stereocenters. The van der Waals surface area contributed by atoms with Gasteiger partial charge in [0.25, 0.3) is 5.91 Å². The number of nitrogens with one attached hydrogen (secondary N) is 1. The van der Waals surface area contributed by atoms with E-state index in [1.165, 1.54) is 19.3 Å². The highest BCUT2D eigenvalue weighted by molar-refractivity contribution is 5.94. The molecule has 3 rings (SSSR count). The molecule has 2 aliphatic rings. The summed E-state index contributed by atoms with van der Waals surface area (Å²) in [7, 11) is 0. The molecule has 5 heteroatoms. The van der Waals surface area contributed by atoms with Crippen molar-refractivity contribution in [2.45, 2.75) is 58.4 Å². The molecule has 1 aromatic rings. The van der Waals surface area contributed by atoms with E-state index in [1.807, 2.05) is 36.1 Å². The van der Waals surface area contributed by atoms with Crippen LogP contribution in [0, 0.1) is 12.8 Å². The molecule has 0 spiro atoms. The molecular formula is C23H35N3O2. The van der Waals surface area contributed by atoms with Gasteiger partial charge < -0.3 is 10.2 Å². The first-order chi connectivity index (χ1) is 13.5. The second-order valence-electron chi connectivity index (χ2n) is 8.54. The lowest BCUT2D eigenvalue weighted by molar-refractivity contribution is -0.122. The fourth-order valence-corrected chi connectivity index (χ4v) is 4.38. The molecule has 2 saturated heterocycles. The highest BCUT2D eigenvalue weighted by Gasteiger charge is 2.25. The number of carbonyl (C=O) groups excluding carboxylic acids is 2. The molecule has 2 amide bonds. The van der Waals surface area contributed by atoms with Gasteiger partial charge in [-0.25, -0.2) is 0 Å². The summed E-state index contributed by atoms with van der Waals surface area (Å²) < 4.78 is 0. The average Bonchev–Trinajstić information content (AvgIpc) is 2.70. The fourth-order valence-electron chi connectivity index (χ4n) is 4.38. The summed E-state index contributed by atoms with van der Waals surface area (Å²) in [5.74, 6) is 0.655. The van der Waals surface area contributed by atoms with Gasteiger partial charge in [-0.1, -0.05) is 24.1 Å². The van der Waals surface area contributed by atoms with E-state index in [0.29, 0.717) is 18.4 Å². The smallest absolute Gasteiger partial charge is 0.253 e. The van der Waals surface area contributed by atoms with Crippen molar-refractivity contribution in [1.29, 1.82) is 0 Å². The molecule has 154 valence electrons. The Morgan fingerprint density at radius 2 is 1.75 bits per heavy atom. The summed E-state index contributed by atoms with van der Waals surface area (Å²) in [6.45, 7) is 8.66. The van der Waals surface area contributed by atoms with Crippen molar-refractivity contribution in [3.05, 3.63) is 35.4 Å². The van der Waals surface area contributed by atoms with Crippen molar-refractivity contribution in [2.24, 2.45) is 5.92 Å². The van der Waals surface area contributed by atoms with Crippen LogP contribution in [-0.2, 0) is 4.79 Å². The summed E-state index contributed by atoms with van der Waals surface area (Å²) in [5.41, 5.74) is 1.92. The van der Waals surface area contributed by atoms with Crippen molar-refractivity contribution in [2.75, 3.05) is 32.7 Å². The summed E-state index contributed by atoms with van der Waals surface area (Å²) in [6, 6.07) is 8.41. The monoisotopic (exact) mass is 385 g/mol. The predicted molar refractivity (Wildman–Crippen MR) is 112 cm³/mol. The molecule has 5 nitrogen and oxygen atoms in total. The molecule has 1 aromatic carbocycles. The lowest BCUT2D eigenvalue weighted by Crippen LogP contribution is -2.43. The number of hydrogen-bond acceptors (Lipinski definition) is 3. The first-order valence-corrected chi connectivity index (χ1v) is 10.9. The van der Waals surface area contributed by atoms with Gasteiger partial charge in [-0.2, -0.15) is 0 Å². The molecule has 0 unspecified atom stereocenters. The van der Waals surface area contributed by atoms with Crippen LogP contribution in [0.3, 0.4) is 0 Å². The Bertz CT molecular complexity index is 650. The zero-order chi connectivity index (χ0) is 19.9. The highest BCUT2D eigenvalue weighted by atomic mass is 16.2. The quantitative estimate of drug-likeness (QED) is 0.818. The van der Waals surface area contributed by atoms with E-state index < -0.39 is 0 Å². The number of hydrogen-bond donors (Lipinski definition) is 1. The normalized spacial score (nSPS) is 21.5. The molecule has 2 heterocycles. The molecule has 2 aliphatic heterocycles. The van der Waals surface area contributed by atoms with Crippen LogP contribution in [0.2, 0.25) is 0 Å². The number of likely N-dealkylation sites (tertiary alicyclic amines) is 2. The number of amides is 2. The number of carbonyl (C=O) groups is 2. The van der Waals surface area contributed by atoms with Crippen molar-refractivity contribution in [1.82, 2.24) is 15.1 Å². The van der Waals surface area contributed by atoms with Gasteiger partial charge in [0.1, 0.15) is 0 Å². The summed E-state index contributed by atoms with van der Waals surface area (Å²) >= 11 is 0. The van der Waals surface area contributed by atoms with Gasteiger partial charge in [0.15, 0.2) is 0 Å². The van der Waals surface area contributed by atoms with Gasteiger partial charge in [0, 0.05) is 44.2 Å². The molecule has 28 heavy (non-hydrogen) atoms. The predicted octanol–water partition coefficient (Wildman–Crippen LogP) is 3.23. The minimum absolute atomic E-state index is 0.110. The molecule has 0 aromatic heterocycles. The Kier molecular flexibility index (Phi) is 7.49. The highest BCUT2D eigenvalue weighted by Crippen LogP contribution is 2.22. The number of aryl methyl sites for hydroxylation is 1. The van der Waals surface area contributed by atoms with Crippen LogP contribution in [0.25, 0.3) is 0 Å². The second-order valence-corrected chi connectivity index (χ2v) is 8.54. The van der Waals surface area contributed by atoms with Gasteiger partial charge in [0.2, 0.25) is 5.91 Å². The molecule has 0 aliphatic carbocycles. The van der Waals surface area contributed by atoms with Crippen LogP contribution in [0.15, 0.2) is 24.3 Å². The fraction of sp³-hybridized carbons (Fsp3) is 0.652. The van der Waals surface area contributed by atoms with Crippen LogP contribution in [0.4, 0.5) is 0 Å². The Balaban J connectivity index is 1.35. The lowest BCUT2D eigenvalue weighted by atomic mass is 9.93. The number of benzene rings is 1. The van der Waals surface area contributed by atoms with Crippen LogP contribution in [-0.4, -0.2) is 60.4 Å². The Labute approximate surface area is 169 Å². The van der Waals surface area contributed by atoms with E-state index in [2.05, 4.69) is 17.1 Å². The standard InChI is InChI=1S/C23H35N3O2/c1-18-6-8-21(9-7-18)23(28)26-14-10-20(11-15-26)17-22(27)24-12-16-25-13-4-3-5-19(25)2/h6-9,19-20H,3-5,10-17H2,1-2H3,(H,24,27)/t19-/m0/s1. The third-order valence-electron chi connectivity index (χ3n) is 6.34. The lowest BCUT2D eigenvalue weighted by Gasteiger charge is -2.33. The largest absolute Gasteiger partial charge is 0.355 e. The van der Waals surface area contributed by atoms with Crippen molar-refractivity contribution < 1.29 is 9.59 Å². The first-order valence-electron chi connectivity index (χ1n) is 10.9. The zero-order valence-electron chi connectivity index (χ0n) is 17.5. The first kappa shape index (κ1) is 20.8. The van der Waals surface area contributed by atoms with Crippen LogP contribution >= 0.6 is 0 Å². The average molecular weight is 386 g/mol. The summed E-state index contributed by atoms with van der Waals surface area (Å²) in [5, 5.41) is 3.10. The minimum Gasteiger partial charge on any atom is -0.355 e. The Hall–Kier alpha value is -1.88. The number of nitrogens with zero attached hydrogens (tertiary/aromatic N) is 2. The van der Waals surface area contributed by atoms with E-state index in [4.69, 9.17) is 0 Å². The molecule has 1 N–H and O–H groups in total. The Morgan fingerprint density at radius 1 is 1.04 bits per heavy atom. The molecule has 2 fully saturated rings. The topological polar surface area (TPSA) is 52.7 Å². The molecular weight excluding hydrogens is 350 g/mol. The maximum atomic E-state index is 12.6. The van der Waals surface area contributed by atoms with Gasteiger partial charge >= 0.3 is 0 Å². The zero-order valence-corrected chi connectivity index (χ0v) is 17.5. The number of piperidine rings is 2. The number of rotatable bonds is 6. The maximum absolute atomic E-state index is 12.6. The third kappa shape index (κ3) is 5.81. The van der Waals surface area contributed by atoms with Gasteiger partial charge in [-0.3, -0.25) is 14.5 Å². The molecule has 0 saturated carbocycles.